The monoisotopic (exact) mass is 283 g/mol. The minimum absolute atomic E-state index is 0.0529. The van der Waals surface area contributed by atoms with Gasteiger partial charge in [-0.2, -0.15) is 0 Å². The van der Waals surface area contributed by atoms with E-state index in [0.29, 0.717) is 11.4 Å². The van der Waals surface area contributed by atoms with Crippen LogP contribution >= 0.6 is 0 Å². The largest absolute Gasteiger partial charge is 0.497 e. The maximum atomic E-state index is 10.9. The van der Waals surface area contributed by atoms with Crippen LogP contribution in [0.15, 0.2) is 42.5 Å². The Balaban J connectivity index is 2.18. The molecule has 0 fully saturated rings. The first-order valence-electron chi connectivity index (χ1n) is 6.35. The van der Waals surface area contributed by atoms with Gasteiger partial charge in [-0.05, 0) is 12.1 Å². The average molecular weight is 283 g/mol. The van der Waals surface area contributed by atoms with Gasteiger partial charge in [0.15, 0.2) is 0 Å². The number of non-ortho nitro benzene ring substituents is 1. The van der Waals surface area contributed by atoms with Crippen LogP contribution in [0.5, 0.6) is 5.75 Å². The Labute approximate surface area is 120 Å². The van der Waals surface area contributed by atoms with Crippen LogP contribution in [0.1, 0.15) is 0 Å². The minimum atomic E-state index is -0.408. The van der Waals surface area contributed by atoms with Crippen molar-refractivity contribution in [1.82, 2.24) is 9.55 Å². The number of hydrogen-bond acceptors (Lipinski definition) is 4. The second-order valence-electron chi connectivity index (χ2n) is 4.66. The smallest absolute Gasteiger partial charge is 0.270 e. The van der Waals surface area contributed by atoms with E-state index in [9.17, 15) is 10.1 Å². The van der Waals surface area contributed by atoms with Gasteiger partial charge in [0.1, 0.15) is 11.6 Å². The molecule has 6 heteroatoms. The SMILES string of the molecule is COc1ccc2c(c1)nc(-c1cccc([N+](=O)[O-])c1)n2C. The van der Waals surface area contributed by atoms with Gasteiger partial charge in [0.05, 0.1) is 23.1 Å². The van der Waals surface area contributed by atoms with Gasteiger partial charge >= 0.3 is 0 Å². The van der Waals surface area contributed by atoms with Crippen molar-refractivity contribution in [2.75, 3.05) is 7.11 Å². The number of nitro groups is 1. The number of benzene rings is 2. The molecule has 0 aliphatic carbocycles. The van der Waals surface area contributed by atoms with Gasteiger partial charge in [-0.1, -0.05) is 12.1 Å². The minimum Gasteiger partial charge on any atom is -0.497 e. The van der Waals surface area contributed by atoms with Crippen LogP contribution in [-0.2, 0) is 7.05 Å². The third kappa shape index (κ3) is 2.20. The highest BCUT2D eigenvalue weighted by molar-refractivity contribution is 5.82. The van der Waals surface area contributed by atoms with Crippen molar-refractivity contribution < 1.29 is 9.66 Å². The Kier molecular flexibility index (Phi) is 3.06. The van der Waals surface area contributed by atoms with Crippen molar-refractivity contribution >= 4 is 16.7 Å². The summed E-state index contributed by atoms with van der Waals surface area (Å²) in [6.07, 6.45) is 0. The molecule has 0 atom stereocenters. The predicted octanol–water partition coefficient (Wildman–Crippen LogP) is 3.16. The number of hydrogen-bond donors (Lipinski definition) is 0. The summed E-state index contributed by atoms with van der Waals surface area (Å²) in [7, 11) is 3.49. The van der Waals surface area contributed by atoms with Crippen LogP contribution in [0.4, 0.5) is 5.69 Å². The summed E-state index contributed by atoms with van der Waals surface area (Å²) >= 11 is 0. The van der Waals surface area contributed by atoms with Crippen molar-refractivity contribution in [3.05, 3.63) is 52.6 Å². The Morgan fingerprint density at radius 1 is 1.24 bits per heavy atom. The Bertz CT molecular complexity index is 839. The molecule has 106 valence electrons. The topological polar surface area (TPSA) is 70.2 Å². The van der Waals surface area contributed by atoms with Gasteiger partial charge in [-0.25, -0.2) is 4.98 Å². The molecule has 21 heavy (non-hydrogen) atoms. The lowest BCUT2D eigenvalue weighted by molar-refractivity contribution is -0.384. The summed E-state index contributed by atoms with van der Waals surface area (Å²) in [5, 5.41) is 10.9. The summed E-state index contributed by atoms with van der Waals surface area (Å²) in [4.78, 5) is 15.0. The molecule has 0 amide bonds. The molecule has 0 saturated heterocycles. The van der Waals surface area contributed by atoms with E-state index in [1.165, 1.54) is 12.1 Å². The van der Waals surface area contributed by atoms with E-state index in [1.807, 2.05) is 35.9 Å². The van der Waals surface area contributed by atoms with Crippen LogP contribution in [0.3, 0.4) is 0 Å². The van der Waals surface area contributed by atoms with Crippen molar-refractivity contribution in [3.8, 4) is 17.1 Å². The Morgan fingerprint density at radius 2 is 2.05 bits per heavy atom. The van der Waals surface area contributed by atoms with Gasteiger partial charge in [0.25, 0.3) is 5.69 Å². The molecule has 1 aromatic heterocycles. The molecule has 0 bridgehead atoms. The van der Waals surface area contributed by atoms with E-state index in [4.69, 9.17) is 4.74 Å². The molecule has 0 radical (unpaired) electrons. The molecular weight excluding hydrogens is 270 g/mol. The summed E-state index contributed by atoms with van der Waals surface area (Å²) in [6.45, 7) is 0. The Hall–Kier alpha value is -2.89. The van der Waals surface area contributed by atoms with Crippen molar-refractivity contribution in [3.63, 3.8) is 0 Å². The fourth-order valence-electron chi connectivity index (χ4n) is 2.32. The highest BCUT2D eigenvalue weighted by Crippen LogP contribution is 2.28. The van der Waals surface area contributed by atoms with Crippen LogP contribution in [0.2, 0.25) is 0 Å². The highest BCUT2D eigenvalue weighted by atomic mass is 16.6. The molecule has 0 aliphatic heterocycles. The highest BCUT2D eigenvalue weighted by Gasteiger charge is 2.13. The first-order valence-corrected chi connectivity index (χ1v) is 6.35. The van der Waals surface area contributed by atoms with Gasteiger partial charge in [-0.15, -0.1) is 0 Å². The predicted molar refractivity (Wildman–Crippen MR) is 79.4 cm³/mol. The average Bonchev–Trinajstić information content (AvgIpc) is 2.84. The molecule has 0 N–H and O–H groups in total. The van der Waals surface area contributed by atoms with Crippen molar-refractivity contribution in [2.24, 2.45) is 7.05 Å². The zero-order valence-electron chi connectivity index (χ0n) is 11.6. The summed E-state index contributed by atoms with van der Waals surface area (Å²) < 4.78 is 7.10. The first-order chi connectivity index (χ1) is 10.1. The molecule has 1 heterocycles. The number of methoxy groups -OCH3 is 1. The molecule has 0 unspecified atom stereocenters. The number of rotatable bonds is 3. The molecule has 3 aromatic rings. The van der Waals surface area contributed by atoms with Gasteiger partial charge in [0.2, 0.25) is 0 Å². The van der Waals surface area contributed by atoms with E-state index >= 15 is 0 Å². The van der Waals surface area contributed by atoms with Crippen LogP contribution < -0.4 is 4.74 Å². The molecule has 2 aromatic carbocycles. The Morgan fingerprint density at radius 3 is 2.76 bits per heavy atom. The fourth-order valence-corrected chi connectivity index (χ4v) is 2.32. The van der Waals surface area contributed by atoms with E-state index in [0.717, 1.165) is 16.8 Å². The first kappa shape index (κ1) is 13.1. The number of nitrogens with zero attached hydrogens (tertiary/aromatic N) is 3. The van der Waals surface area contributed by atoms with Crippen LogP contribution in [0.25, 0.3) is 22.4 Å². The number of imidazole rings is 1. The van der Waals surface area contributed by atoms with Gasteiger partial charge in [-0.3, -0.25) is 10.1 Å². The third-order valence-electron chi connectivity index (χ3n) is 3.40. The van der Waals surface area contributed by atoms with Crippen molar-refractivity contribution in [2.45, 2.75) is 0 Å². The summed E-state index contributed by atoms with van der Waals surface area (Å²) in [6, 6.07) is 12.1. The quantitative estimate of drug-likeness (QED) is 0.547. The van der Waals surface area contributed by atoms with Gasteiger partial charge in [0, 0.05) is 30.8 Å². The lowest BCUT2D eigenvalue weighted by atomic mass is 10.2. The standard InChI is InChI=1S/C15H13N3O3/c1-17-14-7-6-12(21-2)9-13(14)16-15(17)10-4-3-5-11(8-10)18(19)20/h3-9H,1-2H3. The van der Waals surface area contributed by atoms with E-state index in [-0.39, 0.29) is 5.69 Å². The number of fused-ring (bicyclic) bond motifs is 1. The lowest BCUT2D eigenvalue weighted by Gasteiger charge is -2.02. The lowest BCUT2D eigenvalue weighted by Crippen LogP contribution is -1.94. The zero-order valence-corrected chi connectivity index (χ0v) is 11.6. The van der Waals surface area contributed by atoms with E-state index in [1.54, 1.807) is 13.2 Å². The normalized spacial score (nSPS) is 10.8. The van der Waals surface area contributed by atoms with E-state index < -0.39 is 4.92 Å². The molecular formula is C15H13N3O3. The number of aryl methyl sites for hydroxylation is 1. The van der Waals surface area contributed by atoms with Gasteiger partial charge < -0.3 is 9.30 Å². The number of nitro benzene ring substituents is 1. The van der Waals surface area contributed by atoms with Crippen molar-refractivity contribution in [1.29, 1.82) is 0 Å². The maximum Gasteiger partial charge on any atom is 0.270 e. The zero-order chi connectivity index (χ0) is 15.0. The summed E-state index contributed by atoms with van der Waals surface area (Å²) in [5.41, 5.74) is 2.50. The number of aromatic nitrogens is 2. The molecule has 0 saturated carbocycles. The third-order valence-corrected chi connectivity index (χ3v) is 3.40. The second kappa shape index (κ2) is 4.90. The summed E-state index contributed by atoms with van der Waals surface area (Å²) in [5.74, 6) is 1.41. The molecule has 0 spiro atoms. The molecule has 0 aliphatic rings. The van der Waals surface area contributed by atoms with Crippen LogP contribution in [0, 0.1) is 10.1 Å². The van der Waals surface area contributed by atoms with Crippen LogP contribution in [-0.4, -0.2) is 21.6 Å². The number of ether oxygens (including phenoxy) is 1. The fraction of sp³-hybridized carbons (Fsp3) is 0.133. The van der Waals surface area contributed by atoms with E-state index in [2.05, 4.69) is 4.98 Å². The second-order valence-corrected chi connectivity index (χ2v) is 4.66. The molecule has 3 rings (SSSR count). The maximum absolute atomic E-state index is 10.9. The molecule has 6 nitrogen and oxygen atoms in total.